The normalized spacial score (nSPS) is 15.7. The highest BCUT2D eigenvalue weighted by atomic mass is 19.1. The van der Waals surface area contributed by atoms with Crippen LogP contribution in [0, 0.1) is 19.7 Å². The van der Waals surface area contributed by atoms with Gasteiger partial charge >= 0.3 is 6.03 Å². The standard InChI is InChI=1S/C26H32FN11O/c1-16-10-21(32-22-11-17(2)34-35-22)33-24(30-16)36-8-9-37(26(4,5)15-36)25(39)31-18(3)19-6-7-23(28-12-19)38-14-20(27)13-29-38/h6-7,10-14,18H,8-9,15H2,1-5H3,(H,31,39)(H2,30,32,33,34,35)/t18-/m0/s1. The van der Waals surface area contributed by atoms with Crippen molar-refractivity contribution in [2.75, 3.05) is 29.9 Å². The van der Waals surface area contributed by atoms with Gasteiger partial charge in [0, 0.05) is 49.4 Å². The number of aryl methyl sites for hydroxylation is 2. The lowest BCUT2D eigenvalue weighted by Gasteiger charge is -2.47. The van der Waals surface area contributed by atoms with Crippen LogP contribution in [0.2, 0.25) is 0 Å². The van der Waals surface area contributed by atoms with Crippen molar-refractivity contribution in [3.05, 3.63) is 65.6 Å². The van der Waals surface area contributed by atoms with Gasteiger partial charge in [0.25, 0.3) is 0 Å². The Morgan fingerprint density at radius 1 is 1.13 bits per heavy atom. The van der Waals surface area contributed by atoms with Crippen molar-refractivity contribution >= 4 is 23.6 Å². The van der Waals surface area contributed by atoms with Crippen LogP contribution in [-0.2, 0) is 0 Å². The fourth-order valence-corrected chi connectivity index (χ4v) is 4.64. The number of nitrogens with one attached hydrogen (secondary N) is 3. The first-order valence-corrected chi connectivity index (χ1v) is 12.7. The second-order valence-corrected chi connectivity index (χ2v) is 10.4. The van der Waals surface area contributed by atoms with Gasteiger partial charge in [0.15, 0.2) is 17.5 Å². The van der Waals surface area contributed by atoms with E-state index in [-0.39, 0.29) is 12.1 Å². The number of nitrogens with zero attached hydrogens (tertiary/aromatic N) is 8. The van der Waals surface area contributed by atoms with Crippen molar-refractivity contribution in [3.63, 3.8) is 0 Å². The van der Waals surface area contributed by atoms with E-state index >= 15 is 0 Å². The molecule has 39 heavy (non-hydrogen) atoms. The Kier molecular flexibility index (Phi) is 6.89. The molecule has 0 aliphatic carbocycles. The van der Waals surface area contributed by atoms with Crippen molar-refractivity contribution in [2.24, 2.45) is 0 Å². The Labute approximate surface area is 225 Å². The number of urea groups is 1. The van der Waals surface area contributed by atoms with E-state index in [2.05, 4.69) is 40.8 Å². The highest BCUT2D eigenvalue weighted by molar-refractivity contribution is 5.76. The fraction of sp³-hybridized carbons (Fsp3) is 0.385. The predicted octanol–water partition coefficient (Wildman–Crippen LogP) is 3.65. The lowest BCUT2D eigenvalue weighted by Crippen LogP contribution is -2.63. The molecule has 1 atom stereocenters. The molecule has 1 saturated heterocycles. The number of carbonyl (C=O) groups is 1. The average Bonchev–Trinajstić information content (AvgIpc) is 3.50. The number of hydrogen-bond acceptors (Lipinski definition) is 8. The SMILES string of the molecule is Cc1cc(Nc2cc(C)[nH]n2)nc(N2CCN(C(=O)N[C@@H](C)c3ccc(-n4cc(F)cn4)nc3)C(C)(C)C2)n1. The van der Waals surface area contributed by atoms with E-state index in [4.69, 9.17) is 4.98 Å². The molecular formula is C26H32FN11O. The number of piperazine rings is 1. The Bertz CT molecular complexity index is 1460. The molecule has 5 rings (SSSR count). The maximum atomic E-state index is 13.3. The van der Waals surface area contributed by atoms with Crippen molar-refractivity contribution in [3.8, 4) is 5.82 Å². The van der Waals surface area contributed by atoms with E-state index in [9.17, 15) is 9.18 Å². The zero-order chi connectivity index (χ0) is 27.7. The average molecular weight is 534 g/mol. The Morgan fingerprint density at radius 3 is 2.59 bits per heavy atom. The fourth-order valence-electron chi connectivity index (χ4n) is 4.64. The molecule has 12 nitrogen and oxygen atoms in total. The number of pyridine rings is 1. The summed E-state index contributed by atoms with van der Waals surface area (Å²) in [4.78, 5) is 31.0. The zero-order valence-corrected chi connectivity index (χ0v) is 22.6. The van der Waals surface area contributed by atoms with Crippen molar-refractivity contribution in [1.82, 2.24) is 45.1 Å². The summed E-state index contributed by atoms with van der Waals surface area (Å²) in [5.74, 6) is 2.02. The number of halogens is 1. The third-order valence-corrected chi connectivity index (χ3v) is 6.63. The van der Waals surface area contributed by atoms with Gasteiger partial charge in [-0.25, -0.2) is 23.8 Å². The molecule has 13 heteroatoms. The summed E-state index contributed by atoms with van der Waals surface area (Å²) in [5.41, 5.74) is 2.14. The predicted molar refractivity (Wildman–Crippen MR) is 145 cm³/mol. The molecule has 0 unspecified atom stereocenters. The molecule has 3 N–H and O–H groups in total. The Balaban J connectivity index is 1.23. The molecule has 4 aromatic heterocycles. The number of aromatic amines is 1. The van der Waals surface area contributed by atoms with E-state index in [0.717, 1.165) is 23.1 Å². The van der Waals surface area contributed by atoms with Crippen LogP contribution in [0.25, 0.3) is 5.82 Å². The molecule has 0 spiro atoms. The van der Waals surface area contributed by atoms with Crippen molar-refractivity contribution in [2.45, 2.75) is 46.2 Å². The van der Waals surface area contributed by atoms with E-state index in [1.165, 1.54) is 10.9 Å². The molecule has 5 heterocycles. The van der Waals surface area contributed by atoms with Gasteiger partial charge in [-0.3, -0.25) is 5.10 Å². The molecule has 1 fully saturated rings. The summed E-state index contributed by atoms with van der Waals surface area (Å²) in [6, 6.07) is 6.93. The number of hydrogen-bond donors (Lipinski definition) is 3. The van der Waals surface area contributed by atoms with Crippen LogP contribution in [0.3, 0.4) is 0 Å². The van der Waals surface area contributed by atoms with E-state index in [1.54, 1.807) is 12.3 Å². The minimum Gasteiger partial charge on any atom is -0.337 e. The van der Waals surface area contributed by atoms with Gasteiger partial charge in [-0.2, -0.15) is 15.2 Å². The van der Waals surface area contributed by atoms with Gasteiger partial charge < -0.3 is 20.4 Å². The van der Waals surface area contributed by atoms with Crippen LogP contribution in [0.1, 0.15) is 43.8 Å². The van der Waals surface area contributed by atoms with Gasteiger partial charge in [-0.15, -0.1) is 0 Å². The zero-order valence-electron chi connectivity index (χ0n) is 22.6. The van der Waals surface area contributed by atoms with E-state index in [1.807, 2.05) is 57.7 Å². The van der Waals surface area contributed by atoms with Gasteiger partial charge in [0.1, 0.15) is 5.82 Å². The first-order valence-electron chi connectivity index (χ1n) is 12.7. The maximum absolute atomic E-state index is 13.3. The largest absolute Gasteiger partial charge is 0.337 e. The van der Waals surface area contributed by atoms with Crippen LogP contribution in [-0.4, -0.2) is 71.0 Å². The second-order valence-electron chi connectivity index (χ2n) is 10.4. The number of anilines is 3. The molecule has 1 aliphatic rings. The number of aromatic nitrogens is 7. The third-order valence-electron chi connectivity index (χ3n) is 6.63. The van der Waals surface area contributed by atoms with Crippen LogP contribution in [0.4, 0.5) is 26.8 Å². The first-order chi connectivity index (χ1) is 18.6. The van der Waals surface area contributed by atoms with E-state index in [0.29, 0.717) is 43.0 Å². The first kappa shape index (κ1) is 26.1. The van der Waals surface area contributed by atoms with Gasteiger partial charge in [0.2, 0.25) is 5.95 Å². The molecule has 0 radical (unpaired) electrons. The second kappa shape index (κ2) is 10.3. The highest BCUT2D eigenvalue weighted by Crippen LogP contribution is 2.26. The molecule has 0 saturated carbocycles. The smallest absolute Gasteiger partial charge is 0.318 e. The minimum atomic E-state index is -0.478. The van der Waals surface area contributed by atoms with Crippen LogP contribution < -0.4 is 15.5 Å². The highest BCUT2D eigenvalue weighted by Gasteiger charge is 2.38. The monoisotopic (exact) mass is 533 g/mol. The molecule has 0 aromatic carbocycles. The molecule has 0 bridgehead atoms. The summed E-state index contributed by atoms with van der Waals surface area (Å²) in [6.45, 7) is 11.5. The third kappa shape index (κ3) is 5.81. The summed E-state index contributed by atoms with van der Waals surface area (Å²) in [7, 11) is 0. The number of amides is 2. The Hall–Kier alpha value is -4.55. The minimum absolute atomic E-state index is 0.160. The van der Waals surface area contributed by atoms with Gasteiger partial charge in [-0.1, -0.05) is 6.07 Å². The molecule has 204 valence electrons. The summed E-state index contributed by atoms with van der Waals surface area (Å²) < 4.78 is 14.6. The summed E-state index contributed by atoms with van der Waals surface area (Å²) in [5, 5.41) is 17.4. The quantitative estimate of drug-likeness (QED) is 0.342. The van der Waals surface area contributed by atoms with Crippen LogP contribution in [0.5, 0.6) is 0 Å². The lowest BCUT2D eigenvalue weighted by atomic mass is 9.99. The number of H-pyrrole nitrogens is 1. The molecule has 4 aromatic rings. The number of rotatable bonds is 6. The summed E-state index contributed by atoms with van der Waals surface area (Å²) >= 11 is 0. The van der Waals surface area contributed by atoms with Gasteiger partial charge in [0.05, 0.1) is 24.0 Å². The van der Waals surface area contributed by atoms with Gasteiger partial charge in [-0.05, 0) is 46.2 Å². The van der Waals surface area contributed by atoms with Crippen molar-refractivity contribution in [1.29, 1.82) is 0 Å². The molecule has 1 aliphatic heterocycles. The molecule has 2 amide bonds. The maximum Gasteiger partial charge on any atom is 0.318 e. The topological polar surface area (TPSA) is 133 Å². The van der Waals surface area contributed by atoms with Crippen LogP contribution in [0.15, 0.2) is 42.9 Å². The van der Waals surface area contributed by atoms with Crippen LogP contribution >= 0.6 is 0 Å². The van der Waals surface area contributed by atoms with Crippen molar-refractivity contribution < 1.29 is 9.18 Å². The van der Waals surface area contributed by atoms with E-state index < -0.39 is 11.4 Å². The number of carbonyl (C=O) groups excluding carboxylic acids is 1. The Morgan fingerprint density at radius 2 is 1.95 bits per heavy atom. The molecular weight excluding hydrogens is 501 g/mol. The lowest BCUT2D eigenvalue weighted by molar-refractivity contribution is 0.121. The summed E-state index contributed by atoms with van der Waals surface area (Å²) in [6.07, 6.45) is 4.05.